The number of nitrogens with zero attached hydrogens (tertiary/aromatic N) is 1. The van der Waals surface area contributed by atoms with Crippen LogP contribution >= 0.6 is 11.3 Å². The zero-order valence-corrected chi connectivity index (χ0v) is 14.7. The van der Waals surface area contributed by atoms with Crippen molar-refractivity contribution in [2.45, 2.75) is 6.92 Å². The fraction of sp³-hybridized carbons (Fsp3) is 0.100. The average Bonchev–Trinajstić information content (AvgIpc) is 3.08. The highest BCUT2D eigenvalue weighted by molar-refractivity contribution is 7.21. The van der Waals surface area contributed by atoms with E-state index in [0.717, 1.165) is 26.9 Å². The number of carbonyl (C=O) groups is 1. The monoisotopic (exact) mass is 348 g/mol. The molecule has 2 aromatic heterocycles. The third-order valence-electron chi connectivity index (χ3n) is 4.30. The molecule has 1 N–H and O–H groups in total. The van der Waals surface area contributed by atoms with Crippen LogP contribution in [0.15, 0.2) is 59.4 Å². The quantitative estimate of drug-likeness (QED) is 0.586. The number of aryl methyl sites for hydroxylation is 1. The van der Waals surface area contributed by atoms with Gasteiger partial charge in [-0.25, -0.2) is 0 Å². The lowest BCUT2D eigenvalue weighted by atomic mass is 10.1. The van der Waals surface area contributed by atoms with E-state index in [9.17, 15) is 9.59 Å². The molecule has 5 heteroatoms. The Morgan fingerprint density at radius 3 is 2.56 bits per heavy atom. The largest absolute Gasteiger partial charge is 0.321 e. The number of anilines is 1. The van der Waals surface area contributed by atoms with E-state index in [1.807, 2.05) is 55.5 Å². The first-order valence-electron chi connectivity index (χ1n) is 7.94. The number of H-pyrrole nitrogens is 1. The van der Waals surface area contributed by atoms with Crippen LogP contribution in [0, 0.1) is 6.92 Å². The molecule has 124 valence electrons. The molecule has 2 aromatic carbocycles. The summed E-state index contributed by atoms with van der Waals surface area (Å²) in [7, 11) is 1.74. The lowest BCUT2D eigenvalue weighted by Crippen LogP contribution is -2.25. The summed E-state index contributed by atoms with van der Waals surface area (Å²) < 4.78 is 0.854. The van der Waals surface area contributed by atoms with Crippen molar-refractivity contribution in [1.82, 2.24) is 4.98 Å². The number of hydrogen-bond acceptors (Lipinski definition) is 3. The van der Waals surface area contributed by atoms with Crippen LogP contribution in [-0.4, -0.2) is 17.9 Å². The van der Waals surface area contributed by atoms with E-state index in [0.29, 0.717) is 10.3 Å². The molecule has 4 nitrogen and oxygen atoms in total. The maximum Gasteiger partial charge on any atom is 0.268 e. The average molecular weight is 348 g/mol. The van der Waals surface area contributed by atoms with Crippen LogP contribution in [0.2, 0.25) is 0 Å². The number of amides is 1. The van der Waals surface area contributed by atoms with Gasteiger partial charge < -0.3 is 9.88 Å². The standard InChI is InChI=1S/C20H16N2O2S/c1-12-8-9-16-14(10-12)18-15(19(23)21-16)11-17(25-18)20(24)22(2)13-6-4-3-5-7-13/h3-11H,1-2H3,(H,21,23). The predicted octanol–water partition coefficient (Wildman–Crippen LogP) is 4.33. The summed E-state index contributed by atoms with van der Waals surface area (Å²) in [6.45, 7) is 2.01. The molecule has 0 aliphatic carbocycles. The molecule has 0 bridgehead atoms. The summed E-state index contributed by atoms with van der Waals surface area (Å²) in [4.78, 5) is 30.3. The molecule has 4 aromatic rings. The number of nitrogens with one attached hydrogen (secondary N) is 1. The van der Waals surface area contributed by atoms with Crippen LogP contribution in [0.3, 0.4) is 0 Å². The van der Waals surface area contributed by atoms with Gasteiger partial charge in [0.2, 0.25) is 0 Å². The smallest absolute Gasteiger partial charge is 0.268 e. The molecule has 1 amide bonds. The molecule has 0 unspecified atom stereocenters. The van der Waals surface area contributed by atoms with Crippen molar-refractivity contribution in [3.8, 4) is 0 Å². The van der Waals surface area contributed by atoms with Gasteiger partial charge in [0.05, 0.1) is 10.3 Å². The highest BCUT2D eigenvalue weighted by atomic mass is 32.1. The van der Waals surface area contributed by atoms with Gasteiger partial charge in [0.1, 0.15) is 0 Å². The Bertz CT molecular complexity index is 1160. The van der Waals surface area contributed by atoms with Crippen molar-refractivity contribution >= 4 is 43.9 Å². The molecule has 0 aliphatic rings. The van der Waals surface area contributed by atoms with E-state index in [-0.39, 0.29) is 11.5 Å². The van der Waals surface area contributed by atoms with E-state index >= 15 is 0 Å². The number of thiophene rings is 1. The minimum absolute atomic E-state index is 0.118. The maximum atomic E-state index is 12.9. The first kappa shape index (κ1) is 15.6. The summed E-state index contributed by atoms with van der Waals surface area (Å²) in [5.74, 6) is -0.118. The Kier molecular flexibility index (Phi) is 3.66. The van der Waals surface area contributed by atoms with E-state index in [4.69, 9.17) is 0 Å². The minimum Gasteiger partial charge on any atom is -0.321 e. The number of fused-ring (bicyclic) bond motifs is 3. The van der Waals surface area contributed by atoms with Crippen LogP contribution < -0.4 is 10.5 Å². The molecule has 0 spiro atoms. The summed E-state index contributed by atoms with van der Waals surface area (Å²) in [5.41, 5.74) is 2.56. The number of aromatic amines is 1. The van der Waals surface area contributed by atoms with Gasteiger partial charge in [-0.05, 0) is 37.3 Å². The van der Waals surface area contributed by atoms with Gasteiger partial charge in [-0.2, -0.15) is 0 Å². The SMILES string of the molecule is Cc1ccc2[nH]c(=O)c3cc(C(=O)N(C)c4ccccc4)sc3c2c1. The Morgan fingerprint density at radius 1 is 1.04 bits per heavy atom. The Balaban J connectivity index is 1.88. The van der Waals surface area contributed by atoms with E-state index in [1.54, 1.807) is 18.0 Å². The zero-order chi connectivity index (χ0) is 17.6. The number of rotatable bonds is 2. The molecule has 0 radical (unpaired) electrons. The number of carbonyl (C=O) groups excluding carboxylic acids is 1. The van der Waals surface area contributed by atoms with Gasteiger partial charge in [0.25, 0.3) is 11.5 Å². The summed E-state index contributed by atoms with van der Waals surface area (Å²) in [6.07, 6.45) is 0. The van der Waals surface area contributed by atoms with Crippen molar-refractivity contribution in [1.29, 1.82) is 0 Å². The second-order valence-electron chi connectivity index (χ2n) is 6.06. The van der Waals surface area contributed by atoms with Crippen molar-refractivity contribution in [2.24, 2.45) is 0 Å². The topological polar surface area (TPSA) is 53.2 Å². The highest BCUT2D eigenvalue weighted by Crippen LogP contribution is 2.31. The maximum absolute atomic E-state index is 12.9. The van der Waals surface area contributed by atoms with E-state index in [1.165, 1.54) is 11.3 Å². The van der Waals surface area contributed by atoms with Crippen LogP contribution in [-0.2, 0) is 0 Å². The van der Waals surface area contributed by atoms with Crippen LogP contribution in [0.25, 0.3) is 21.0 Å². The van der Waals surface area contributed by atoms with Crippen LogP contribution in [0.1, 0.15) is 15.2 Å². The molecular formula is C20H16N2O2S. The van der Waals surface area contributed by atoms with Gasteiger partial charge in [-0.15, -0.1) is 11.3 Å². The van der Waals surface area contributed by atoms with Gasteiger partial charge in [-0.3, -0.25) is 9.59 Å². The number of benzene rings is 2. The number of hydrogen-bond donors (Lipinski definition) is 1. The third-order valence-corrected chi connectivity index (χ3v) is 5.46. The van der Waals surface area contributed by atoms with Crippen molar-refractivity contribution in [2.75, 3.05) is 11.9 Å². The molecule has 0 saturated carbocycles. The molecule has 25 heavy (non-hydrogen) atoms. The fourth-order valence-corrected chi connectivity index (χ4v) is 4.11. The summed E-state index contributed by atoms with van der Waals surface area (Å²) >= 11 is 1.37. The number of aromatic nitrogens is 1. The Labute approximate surface area is 148 Å². The lowest BCUT2D eigenvalue weighted by Gasteiger charge is -2.15. The molecule has 0 saturated heterocycles. The Hall–Kier alpha value is -2.92. The first-order valence-corrected chi connectivity index (χ1v) is 8.75. The van der Waals surface area contributed by atoms with Gasteiger partial charge in [0, 0.05) is 28.3 Å². The molecule has 0 aliphatic heterocycles. The van der Waals surface area contributed by atoms with Crippen molar-refractivity contribution < 1.29 is 4.79 Å². The first-order chi connectivity index (χ1) is 12.0. The van der Waals surface area contributed by atoms with E-state index in [2.05, 4.69) is 4.98 Å². The number of para-hydroxylation sites is 1. The third kappa shape index (κ3) is 2.62. The van der Waals surface area contributed by atoms with Crippen molar-refractivity contribution in [3.05, 3.63) is 75.4 Å². The van der Waals surface area contributed by atoms with Crippen molar-refractivity contribution in [3.63, 3.8) is 0 Å². The molecule has 0 atom stereocenters. The lowest BCUT2D eigenvalue weighted by molar-refractivity contribution is 0.0997. The molecule has 2 heterocycles. The normalized spacial score (nSPS) is 11.1. The highest BCUT2D eigenvalue weighted by Gasteiger charge is 2.18. The summed E-state index contributed by atoms with van der Waals surface area (Å²) in [6, 6.07) is 17.1. The van der Waals surface area contributed by atoms with E-state index < -0.39 is 0 Å². The number of pyridine rings is 1. The predicted molar refractivity (Wildman–Crippen MR) is 104 cm³/mol. The Morgan fingerprint density at radius 2 is 1.80 bits per heavy atom. The second-order valence-corrected chi connectivity index (χ2v) is 7.11. The summed E-state index contributed by atoms with van der Waals surface area (Å²) in [5, 5.41) is 1.54. The van der Waals surface area contributed by atoms with Gasteiger partial charge >= 0.3 is 0 Å². The minimum atomic E-state index is -0.163. The molecular weight excluding hydrogens is 332 g/mol. The molecule has 4 rings (SSSR count). The molecule has 0 fully saturated rings. The van der Waals surface area contributed by atoms with Gasteiger partial charge in [-0.1, -0.05) is 29.8 Å². The van der Waals surface area contributed by atoms with Crippen LogP contribution in [0.4, 0.5) is 5.69 Å². The van der Waals surface area contributed by atoms with Gasteiger partial charge in [0.15, 0.2) is 0 Å². The van der Waals surface area contributed by atoms with Crippen LogP contribution in [0.5, 0.6) is 0 Å². The second kappa shape index (κ2) is 5.86. The fourth-order valence-electron chi connectivity index (χ4n) is 2.94. The zero-order valence-electron chi connectivity index (χ0n) is 13.9.